The number of rotatable bonds is 3. The molecule has 0 aromatic rings. The Morgan fingerprint density at radius 1 is 1.57 bits per heavy atom. The summed E-state index contributed by atoms with van der Waals surface area (Å²) in [6, 6.07) is 2.06. The highest BCUT2D eigenvalue weighted by atomic mass is 16.1. The number of carbonyl (C=O) groups excluding carboxylic acids is 1. The van der Waals surface area contributed by atoms with Crippen molar-refractivity contribution in [1.29, 1.82) is 5.26 Å². The number of amides is 1. The standard InChI is InChI=1S/C11H18N2O/c1-6-9(7-12)8(2)10(14)13-11(3,4)5/h9H,2,6H2,1,3-5H3,(H,13,14). The molecule has 0 aromatic carbocycles. The highest BCUT2D eigenvalue weighted by molar-refractivity contribution is 5.94. The number of nitriles is 1. The first kappa shape index (κ1) is 12.7. The molecule has 0 bridgehead atoms. The van der Waals surface area contributed by atoms with Gasteiger partial charge in [-0.15, -0.1) is 0 Å². The lowest BCUT2D eigenvalue weighted by Gasteiger charge is -2.22. The Balaban J connectivity index is 4.42. The van der Waals surface area contributed by atoms with Crippen molar-refractivity contribution in [1.82, 2.24) is 5.32 Å². The van der Waals surface area contributed by atoms with Gasteiger partial charge in [-0.1, -0.05) is 13.5 Å². The zero-order valence-corrected chi connectivity index (χ0v) is 9.35. The summed E-state index contributed by atoms with van der Waals surface area (Å²) < 4.78 is 0. The molecular formula is C11H18N2O. The molecule has 0 aromatic heterocycles. The monoisotopic (exact) mass is 194 g/mol. The van der Waals surface area contributed by atoms with Crippen molar-refractivity contribution in [3.8, 4) is 6.07 Å². The Morgan fingerprint density at radius 2 is 2.07 bits per heavy atom. The van der Waals surface area contributed by atoms with E-state index in [1.54, 1.807) is 0 Å². The second-order valence-electron chi connectivity index (χ2n) is 4.32. The number of hydrogen-bond acceptors (Lipinski definition) is 2. The summed E-state index contributed by atoms with van der Waals surface area (Å²) in [6.45, 7) is 11.2. The molecule has 0 spiro atoms. The average molecular weight is 194 g/mol. The fourth-order valence-electron chi connectivity index (χ4n) is 0.995. The zero-order chi connectivity index (χ0) is 11.4. The van der Waals surface area contributed by atoms with Crippen LogP contribution in [-0.4, -0.2) is 11.4 Å². The molecule has 0 aliphatic rings. The lowest BCUT2D eigenvalue weighted by molar-refractivity contribution is -0.119. The SMILES string of the molecule is C=C(C(=O)NC(C)(C)C)C(C#N)CC. The normalized spacial score (nSPS) is 12.8. The molecule has 0 fully saturated rings. The summed E-state index contributed by atoms with van der Waals surface area (Å²) in [5.41, 5.74) is 0.0678. The largest absolute Gasteiger partial charge is 0.348 e. The van der Waals surface area contributed by atoms with Crippen molar-refractivity contribution in [2.45, 2.75) is 39.7 Å². The van der Waals surface area contributed by atoms with Gasteiger partial charge in [0.25, 0.3) is 0 Å². The van der Waals surface area contributed by atoms with E-state index >= 15 is 0 Å². The minimum atomic E-state index is -0.377. The maximum absolute atomic E-state index is 11.6. The molecule has 0 aliphatic carbocycles. The molecule has 0 radical (unpaired) electrons. The molecule has 14 heavy (non-hydrogen) atoms. The van der Waals surface area contributed by atoms with Crippen molar-refractivity contribution in [2.24, 2.45) is 5.92 Å². The molecule has 3 nitrogen and oxygen atoms in total. The van der Waals surface area contributed by atoms with Gasteiger partial charge in [-0.25, -0.2) is 0 Å². The van der Waals surface area contributed by atoms with Crippen molar-refractivity contribution in [3.05, 3.63) is 12.2 Å². The molecule has 3 heteroatoms. The summed E-state index contributed by atoms with van der Waals surface area (Å²) in [6.07, 6.45) is 0.618. The Bertz CT molecular complexity index is 268. The maximum atomic E-state index is 11.6. The molecule has 1 atom stereocenters. The fraction of sp³-hybridized carbons (Fsp3) is 0.636. The van der Waals surface area contributed by atoms with Crippen LogP contribution in [0.25, 0.3) is 0 Å². The summed E-state index contributed by atoms with van der Waals surface area (Å²) in [7, 11) is 0. The Kier molecular flexibility index (Phi) is 4.36. The predicted octanol–water partition coefficient (Wildman–Crippen LogP) is 2.01. The van der Waals surface area contributed by atoms with Gasteiger partial charge in [-0.3, -0.25) is 4.79 Å². The second kappa shape index (κ2) is 4.80. The molecule has 1 amide bonds. The summed E-state index contributed by atoms with van der Waals surface area (Å²) >= 11 is 0. The predicted molar refractivity (Wildman–Crippen MR) is 56.4 cm³/mol. The van der Waals surface area contributed by atoms with Gasteiger partial charge < -0.3 is 5.32 Å². The van der Waals surface area contributed by atoms with E-state index < -0.39 is 0 Å². The van der Waals surface area contributed by atoms with Crippen LogP contribution >= 0.6 is 0 Å². The highest BCUT2D eigenvalue weighted by Gasteiger charge is 2.20. The zero-order valence-electron chi connectivity index (χ0n) is 9.35. The van der Waals surface area contributed by atoms with Crippen LogP contribution in [0, 0.1) is 17.2 Å². The van der Waals surface area contributed by atoms with E-state index in [2.05, 4.69) is 18.0 Å². The van der Waals surface area contributed by atoms with Crippen molar-refractivity contribution in [2.75, 3.05) is 0 Å². The third-order valence-electron chi connectivity index (χ3n) is 1.76. The number of nitrogens with one attached hydrogen (secondary N) is 1. The van der Waals surface area contributed by atoms with Crippen molar-refractivity contribution >= 4 is 5.91 Å². The smallest absolute Gasteiger partial charge is 0.248 e. The number of carbonyl (C=O) groups is 1. The Hall–Kier alpha value is -1.30. The third-order valence-corrected chi connectivity index (χ3v) is 1.76. The van der Waals surface area contributed by atoms with Crippen LogP contribution in [0.1, 0.15) is 34.1 Å². The van der Waals surface area contributed by atoms with E-state index in [9.17, 15) is 4.79 Å². The third kappa shape index (κ3) is 4.08. The van der Waals surface area contributed by atoms with Crippen molar-refractivity contribution in [3.63, 3.8) is 0 Å². The first-order valence-electron chi connectivity index (χ1n) is 4.72. The molecule has 0 heterocycles. The van der Waals surface area contributed by atoms with E-state index in [0.717, 1.165) is 0 Å². The van der Waals surface area contributed by atoms with Gasteiger partial charge >= 0.3 is 0 Å². The van der Waals surface area contributed by atoms with Gasteiger partial charge in [0.1, 0.15) is 0 Å². The van der Waals surface area contributed by atoms with Gasteiger partial charge in [0.15, 0.2) is 0 Å². The van der Waals surface area contributed by atoms with Crippen LogP contribution in [0.3, 0.4) is 0 Å². The molecule has 1 N–H and O–H groups in total. The van der Waals surface area contributed by atoms with Crippen LogP contribution in [0.4, 0.5) is 0 Å². The number of hydrogen-bond donors (Lipinski definition) is 1. The molecule has 0 saturated heterocycles. The van der Waals surface area contributed by atoms with Crippen LogP contribution in [0.2, 0.25) is 0 Å². The lowest BCUT2D eigenvalue weighted by Crippen LogP contribution is -2.42. The van der Waals surface area contributed by atoms with Gasteiger partial charge in [-0.2, -0.15) is 5.26 Å². The van der Waals surface area contributed by atoms with Crippen molar-refractivity contribution < 1.29 is 4.79 Å². The lowest BCUT2D eigenvalue weighted by atomic mass is 9.97. The van der Waals surface area contributed by atoms with E-state index in [0.29, 0.717) is 12.0 Å². The van der Waals surface area contributed by atoms with Crippen LogP contribution in [-0.2, 0) is 4.79 Å². The summed E-state index contributed by atoms with van der Waals surface area (Å²) in [5, 5.41) is 11.5. The molecule has 0 rings (SSSR count). The topological polar surface area (TPSA) is 52.9 Å². The Morgan fingerprint density at radius 3 is 2.36 bits per heavy atom. The fourth-order valence-corrected chi connectivity index (χ4v) is 0.995. The first-order valence-corrected chi connectivity index (χ1v) is 4.72. The quantitative estimate of drug-likeness (QED) is 0.699. The maximum Gasteiger partial charge on any atom is 0.248 e. The first-order chi connectivity index (χ1) is 6.31. The minimum Gasteiger partial charge on any atom is -0.348 e. The molecule has 78 valence electrons. The van der Waals surface area contributed by atoms with E-state index in [4.69, 9.17) is 5.26 Å². The summed E-state index contributed by atoms with van der Waals surface area (Å²) in [5.74, 6) is -0.608. The van der Waals surface area contributed by atoms with Gasteiger partial charge in [0.2, 0.25) is 5.91 Å². The minimum absolute atomic E-state index is 0.231. The van der Waals surface area contributed by atoms with Crippen LogP contribution in [0.15, 0.2) is 12.2 Å². The molecule has 0 saturated carbocycles. The van der Waals surface area contributed by atoms with E-state index in [1.165, 1.54) is 0 Å². The number of nitrogens with zero attached hydrogens (tertiary/aromatic N) is 1. The Labute approximate surface area is 85.8 Å². The van der Waals surface area contributed by atoms with Crippen LogP contribution < -0.4 is 5.32 Å². The molecule has 1 unspecified atom stereocenters. The van der Waals surface area contributed by atoms with Gasteiger partial charge in [0.05, 0.1) is 12.0 Å². The second-order valence-corrected chi connectivity index (χ2v) is 4.32. The van der Waals surface area contributed by atoms with E-state index in [1.807, 2.05) is 27.7 Å². The van der Waals surface area contributed by atoms with Crippen LogP contribution in [0.5, 0.6) is 0 Å². The summed E-state index contributed by atoms with van der Waals surface area (Å²) in [4.78, 5) is 11.6. The van der Waals surface area contributed by atoms with E-state index in [-0.39, 0.29) is 17.4 Å². The van der Waals surface area contributed by atoms with Gasteiger partial charge in [-0.05, 0) is 27.2 Å². The average Bonchev–Trinajstić information content (AvgIpc) is 2.03. The van der Waals surface area contributed by atoms with Gasteiger partial charge in [0, 0.05) is 11.1 Å². The molecular weight excluding hydrogens is 176 g/mol. The highest BCUT2D eigenvalue weighted by Crippen LogP contribution is 2.13. The molecule has 0 aliphatic heterocycles.